The van der Waals surface area contributed by atoms with Crippen LogP contribution in [-0.4, -0.2) is 47.0 Å². The molecule has 3 rings (SSSR count). The van der Waals surface area contributed by atoms with Crippen molar-refractivity contribution in [2.24, 2.45) is 0 Å². The van der Waals surface area contributed by atoms with Crippen molar-refractivity contribution in [1.82, 2.24) is 10.9 Å². The first-order valence-corrected chi connectivity index (χ1v) is 10.7. The molecule has 0 fully saturated rings. The molecule has 184 valence electrons. The van der Waals surface area contributed by atoms with Crippen LogP contribution in [0.4, 0.5) is 0 Å². The maximum Gasteiger partial charge on any atom is 0.349 e. The minimum absolute atomic E-state index is 0.00772. The predicted molar refractivity (Wildman–Crippen MR) is 126 cm³/mol. The molecule has 2 atom stereocenters. The highest BCUT2D eigenvalue weighted by atomic mass is 35.5. The summed E-state index contributed by atoms with van der Waals surface area (Å²) in [4.78, 5) is 62.3. The zero-order chi connectivity index (χ0) is 26.1. The minimum atomic E-state index is -2.24. The summed E-state index contributed by atoms with van der Waals surface area (Å²) in [6.07, 6.45) is -4.40. The Morgan fingerprint density at radius 3 is 1.58 bits per heavy atom. The zero-order valence-corrected chi connectivity index (χ0v) is 19.2. The molecule has 0 aromatic heterocycles. The summed E-state index contributed by atoms with van der Waals surface area (Å²) in [5, 5.41) is 10.1. The van der Waals surface area contributed by atoms with E-state index < -0.39 is 41.9 Å². The van der Waals surface area contributed by atoms with Crippen molar-refractivity contribution in [3.63, 3.8) is 0 Å². The Kier molecular flexibility index (Phi) is 8.73. The van der Waals surface area contributed by atoms with Crippen molar-refractivity contribution in [2.75, 3.05) is 0 Å². The van der Waals surface area contributed by atoms with Crippen LogP contribution in [-0.2, 0) is 19.1 Å². The SMILES string of the molecule is O=C(NNC(=O)[C@H](OC(=O)c1ccccc1)[C@@H](OC(=O)c1ccccc1)C(=O)O)c1ccc(Cl)cc1. The van der Waals surface area contributed by atoms with E-state index in [2.05, 4.69) is 5.43 Å². The monoisotopic (exact) mass is 510 g/mol. The number of rotatable bonds is 8. The second kappa shape index (κ2) is 12.1. The van der Waals surface area contributed by atoms with Crippen LogP contribution in [0.5, 0.6) is 0 Å². The van der Waals surface area contributed by atoms with Crippen molar-refractivity contribution in [2.45, 2.75) is 12.2 Å². The molecule has 0 spiro atoms. The standard InChI is InChI=1S/C25H19ClN2O8/c26-18-13-11-15(12-14-18)21(29)27-28-22(30)19(35-24(33)16-7-3-1-4-8-16)20(23(31)32)36-25(34)17-9-5-2-6-10-17/h1-14,19-20H,(H,27,29)(H,28,30)(H,31,32)/t19-,20-/m1/s1. The van der Waals surface area contributed by atoms with Gasteiger partial charge in [-0.05, 0) is 48.5 Å². The number of carbonyl (C=O) groups excluding carboxylic acids is 4. The number of hydrogen-bond donors (Lipinski definition) is 3. The van der Waals surface area contributed by atoms with Crippen molar-refractivity contribution in [1.29, 1.82) is 0 Å². The lowest BCUT2D eigenvalue weighted by molar-refractivity contribution is -0.159. The van der Waals surface area contributed by atoms with Gasteiger partial charge in [0.25, 0.3) is 11.8 Å². The molecule has 0 aliphatic carbocycles. The molecule has 0 aliphatic heterocycles. The van der Waals surface area contributed by atoms with Crippen LogP contribution in [0.2, 0.25) is 5.02 Å². The molecule has 0 aliphatic rings. The van der Waals surface area contributed by atoms with Crippen molar-refractivity contribution < 1.29 is 38.6 Å². The number of halogens is 1. The average molecular weight is 511 g/mol. The summed E-state index contributed by atoms with van der Waals surface area (Å²) in [6.45, 7) is 0. The number of amides is 2. The van der Waals surface area contributed by atoms with Crippen molar-refractivity contribution >= 4 is 41.3 Å². The van der Waals surface area contributed by atoms with Gasteiger partial charge in [-0.2, -0.15) is 0 Å². The van der Waals surface area contributed by atoms with Crippen LogP contribution >= 0.6 is 11.6 Å². The highest BCUT2D eigenvalue weighted by Crippen LogP contribution is 2.14. The first kappa shape index (κ1) is 25.9. The summed E-state index contributed by atoms with van der Waals surface area (Å²) in [5.74, 6) is -5.90. The maximum atomic E-state index is 12.9. The Hall–Kier alpha value is -4.70. The molecule has 2 amide bonds. The number of hydrogen-bond acceptors (Lipinski definition) is 7. The lowest BCUT2D eigenvalue weighted by atomic mass is 10.1. The fourth-order valence-electron chi connectivity index (χ4n) is 2.87. The lowest BCUT2D eigenvalue weighted by Gasteiger charge is -2.23. The maximum absolute atomic E-state index is 12.9. The molecule has 3 N–H and O–H groups in total. The molecule has 0 saturated heterocycles. The Morgan fingerprint density at radius 1 is 0.639 bits per heavy atom. The molecule has 11 heteroatoms. The molecule has 3 aromatic carbocycles. The fraction of sp³-hybridized carbons (Fsp3) is 0.0800. The Labute approximate surface area is 209 Å². The third-order valence-electron chi connectivity index (χ3n) is 4.67. The van der Waals surface area contributed by atoms with Crippen LogP contribution in [0, 0.1) is 0 Å². The van der Waals surface area contributed by atoms with Crippen LogP contribution < -0.4 is 10.9 Å². The van der Waals surface area contributed by atoms with E-state index in [-0.39, 0.29) is 16.7 Å². The van der Waals surface area contributed by atoms with Gasteiger partial charge in [-0.25, -0.2) is 14.4 Å². The third kappa shape index (κ3) is 6.90. The van der Waals surface area contributed by atoms with Gasteiger partial charge in [0.1, 0.15) is 0 Å². The van der Waals surface area contributed by atoms with Crippen molar-refractivity contribution in [3.05, 3.63) is 107 Å². The van der Waals surface area contributed by atoms with Gasteiger partial charge in [0, 0.05) is 10.6 Å². The highest BCUT2D eigenvalue weighted by Gasteiger charge is 2.41. The number of aliphatic carboxylic acids is 1. The van der Waals surface area contributed by atoms with E-state index in [1.165, 1.54) is 72.8 Å². The van der Waals surface area contributed by atoms with Gasteiger partial charge < -0.3 is 14.6 Å². The van der Waals surface area contributed by atoms with Gasteiger partial charge in [0.05, 0.1) is 11.1 Å². The first-order valence-electron chi connectivity index (χ1n) is 10.4. The van der Waals surface area contributed by atoms with E-state index in [0.29, 0.717) is 5.02 Å². The van der Waals surface area contributed by atoms with Gasteiger partial charge in [-0.15, -0.1) is 0 Å². The third-order valence-corrected chi connectivity index (χ3v) is 4.92. The second-order valence-corrected chi connectivity index (χ2v) is 7.61. The molecule has 0 heterocycles. The van der Waals surface area contributed by atoms with E-state index in [9.17, 15) is 29.1 Å². The van der Waals surface area contributed by atoms with Crippen LogP contribution in [0.25, 0.3) is 0 Å². The van der Waals surface area contributed by atoms with E-state index in [1.54, 1.807) is 12.1 Å². The average Bonchev–Trinajstić information content (AvgIpc) is 2.90. The summed E-state index contributed by atoms with van der Waals surface area (Å²) in [5.41, 5.74) is 4.23. The van der Waals surface area contributed by atoms with Crippen LogP contribution in [0.1, 0.15) is 31.1 Å². The van der Waals surface area contributed by atoms with Crippen LogP contribution in [0.3, 0.4) is 0 Å². The molecule has 0 unspecified atom stereocenters. The van der Waals surface area contributed by atoms with Crippen LogP contribution in [0.15, 0.2) is 84.9 Å². The number of carboxylic acids is 1. The molecule has 36 heavy (non-hydrogen) atoms. The number of esters is 2. The number of carboxylic acid groups (broad SMARTS) is 1. The highest BCUT2D eigenvalue weighted by molar-refractivity contribution is 6.30. The molecule has 10 nitrogen and oxygen atoms in total. The molecule has 0 radical (unpaired) electrons. The lowest BCUT2D eigenvalue weighted by Crippen LogP contribution is -2.54. The van der Waals surface area contributed by atoms with Gasteiger partial charge in [-0.1, -0.05) is 48.0 Å². The molecule has 0 saturated carbocycles. The van der Waals surface area contributed by atoms with E-state index in [4.69, 9.17) is 21.1 Å². The Morgan fingerprint density at radius 2 is 1.11 bits per heavy atom. The zero-order valence-electron chi connectivity index (χ0n) is 18.4. The molecular weight excluding hydrogens is 492 g/mol. The Bertz CT molecular complexity index is 1250. The van der Waals surface area contributed by atoms with Crippen molar-refractivity contribution in [3.8, 4) is 0 Å². The molecule has 0 bridgehead atoms. The fourth-order valence-corrected chi connectivity index (χ4v) is 3.00. The van der Waals surface area contributed by atoms with E-state index in [0.717, 1.165) is 0 Å². The topological polar surface area (TPSA) is 148 Å². The van der Waals surface area contributed by atoms with Gasteiger partial charge in [-0.3, -0.25) is 20.4 Å². The Balaban J connectivity index is 1.82. The summed E-state index contributed by atoms with van der Waals surface area (Å²) in [6, 6.07) is 20.6. The number of nitrogens with one attached hydrogen (secondary N) is 2. The number of hydrazine groups is 1. The largest absolute Gasteiger partial charge is 0.478 e. The summed E-state index contributed by atoms with van der Waals surface area (Å²) < 4.78 is 10.2. The normalized spacial score (nSPS) is 11.9. The molecule has 3 aromatic rings. The number of benzene rings is 3. The predicted octanol–water partition coefficient (Wildman–Crippen LogP) is 2.64. The molecular formula is C25H19ClN2O8. The van der Waals surface area contributed by atoms with E-state index >= 15 is 0 Å². The van der Waals surface area contributed by atoms with Gasteiger partial charge >= 0.3 is 17.9 Å². The van der Waals surface area contributed by atoms with E-state index in [1.807, 2.05) is 5.43 Å². The number of ether oxygens (including phenoxy) is 2. The van der Waals surface area contributed by atoms with Gasteiger partial charge in [0.2, 0.25) is 12.2 Å². The summed E-state index contributed by atoms with van der Waals surface area (Å²) in [7, 11) is 0. The quantitative estimate of drug-likeness (QED) is 0.309. The first-order chi connectivity index (χ1) is 17.3. The number of carbonyl (C=O) groups is 5. The second-order valence-electron chi connectivity index (χ2n) is 7.17. The summed E-state index contributed by atoms with van der Waals surface area (Å²) >= 11 is 5.79. The minimum Gasteiger partial charge on any atom is -0.478 e. The van der Waals surface area contributed by atoms with Gasteiger partial charge in [0.15, 0.2) is 0 Å². The smallest absolute Gasteiger partial charge is 0.349 e.